The summed E-state index contributed by atoms with van der Waals surface area (Å²) in [5.41, 5.74) is 1.76. The molecule has 6 nitrogen and oxygen atoms in total. The molecule has 0 amide bonds. The molecule has 2 heterocycles. The number of anilines is 1. The Hall–Kier alpha value is -2.50. The van der Waals surface area contributed by atoms with Gasteiger partial charge in [-0.05, 0) is 38.3 Å². The van der Waals surface area contributed by atoms with Gasteiger partial charge in [0, 0.05) is 42.0 Å². The number of benzene rings is 1. The van der Waals surface area contributed by atoms with E-state index in [1.807, 2.05) is 13.0 Å². The maximum atomic E-state index is 10.8. The second-order valence-corrected chi connectivity index (χ2v) is 6.20. The van der Waals surface area contributed by atoms with Gasteiger partial charge in [-0.25, -0.2) is 9.97 Å². The first-order valence-corrected chi connectivity index (χ1v) is 7.83. The quantitative estimate of drug-likeness (QED) is 0.639. The van der Waals surface area contributed by atoms with Gasteiger partial charge in [0.05, 0.1) is 4.92 Å². The van der Waals surface area contributed by atoms with Crippen LogP contribution in [0.15, 0.2) is 30.3 Å². The van der Waals surface area contributed by atoms with E-state index in [-0.39, 0.29) is 5.69 Å². The van der Waals surface area contributed by atoms with Gasteiger partial charge in [0.1, 0.15) is 5.82 Å². The predicted molar refractivity (Wildman–Crippen MR) is 89.4 cm³/mol. The molecule has 1 aromatic carbocycles. The van der Waals surface area contributed by atoms with Crippen LogP contribution in [-0.4, -0.2) is 27.5 Å². The van der Waals surface area contributed by atoms with E-state index in [2.05, 4.69) is 23.7 Å². The molecule has 0 N–H and O–H groups in total. The number of hydrogen-bond donors (Lipinski definition) is 0. The minimum atomic E-state index is -0.403. The molecule has 2 atom stereocenters. The van der Waals surface area contributed by atoms with E-state index < -0.39 is 4.92 Å². The highest BCUT2D eigenvalue weighted by Crippen LogP contribution is 2.30. The minimum absolute atomic E-state index is 0.0728. The van der Waals surface area contributed by atoms with Crippen molar-refractivity contribution < 1.29 is 4.92 Å². The Labute approximate surface area is 135 Å². The molecule has 3 rings (SSSR count). The molecule has 23 heavy (non-hydrogen) atoms. The third-order valence-electron chi connectivity index (χ3n) is 4.61. The summed E-state index contributed by atoms with van der Waals surface area (Å²) in [7, 11) is 0. The van der Waals surface area contributed by atoms with Crippen LogP contribution in [0.25, 0.3) is 11.4 Å². The molecule has 0 aliphatic carbocycles. The van der Waals surface area contributed by atoms with Crippen LogP contribution in [0.3, 0.4) is 0 Å². The van der Waals surface area contributed by atoms with Crippen molar-refractivity contribution in [2.75, 3.05) is 11.4 Å². The van der Waals surface area contributed by atoms with Crippen molar-refractivity contribution in [2.24, 2.45) is 5.92 Å². The van der Waals surface area contributed by atoms with Crippen LogP contribution in [-0.2, 0) is 0 Å². The summed E-state index contributed by atoms with van der Waals surface area (Å²) in [5.74, 6) is 2.19. The van der Waals surface area contributed by atoms with Gasteiger partial charge in [-0.15, -0.1) is 0 Å². The Kier molecular flexibility index (Phi) is 3.98. The molecule has 0 bridgehead atoms. The topological polar surface area (TPSA) is 72.2 Å². The van der Waals surface area contributed by atoms with Crippen LogP contribution in [0, 0.1) is 23.0 Å². The second-order valence-electron chi connectivity index (χ2n) is 6.20. The van der Waals surface area contributed by atoms with Crippen LogP contribution in [0.5, 0.6) is 0 Å². The number of nitrogens with zero attached hydrogens (tertiary/aromatic N) is 4. The van der Waals surface area contributed by atoms with E-state index in [9.17, 15) is 10.1 Å². The molecular formula is C17H20N4O2. The number of non-ortho nitro benzene ring substituents is 1. The molecule has 1 fully saturated rings. The maximum Gasteiger partial charge on any atom is 0.269 e. The van der Waals surface area contributed by atoms with Gasteiger partial charge in [-0.1, -0.05) is 6.92 Å². The highest BCUT2D eigenvalue weighted by Gasteiger charge is 2.28. The minimum Gasteiger partial charge on any atom is -0.354 e. The van der Waals surface area contributed by atoms with E-state index in [4.69, 9.17) is 4.98 Å². The second kappa shape index (κ2) is 5.95. The molecule has 120 valence electrons. The summed E-state index contributed by atoms with van der Waals surface area (Å²) in [4.78, 5) is 21.9. The molecule has 0 spiro atoms. The maximum absolute atomic E-state index is 10.8. The zero-order chi connectivity index (χ0) is 16.6. The largest absolute Gasteiger partial charge is 0.354 e. The van der Waals surface area contributed by atoms with Crippen molar-refractivity contribution in [2.45, 2.75) is 33.2 Å². The van der Waals surface area contributed by atoms with Crippen molar-refractivity contribution in [3.05, 3.63) is 46.1 Å². The predicted octanol–water partition coefficient (Wildman–Crippen LogP) is 3.59. The van der Waals surface area contributed by atoms with E-state index in [1.165, 1.54) is 12.1 Å². The Morgan fingerprint density at radius 3 is 2.48 bits per heavy atom. The summed E-state index contributed by atoms with van der Waals surface area (Å²) in [6.45, 7) is 7.43. The molecular weight excluding hydrogens is 292 g/mol. The van der Waals surface area contributed by atoms with E-state index in [1.54, 1.807) is 12.1 Å². The molecule has 2 aromatic rings. The van der Waals surface area contributed by atoms with Crippen LogP contribution in [0.2, 0.25) is 0 Å². The zero-order valence-corrected chi connectivity index (χ0v) is 13.6. The molecule has 1 aliphatic heterocycles. The Balaban J connectivity index is 1.96. The van der Waals surface area contributed by atoms with Gasteiger partial charge in [0.25, 0.3) is 5.69 Å². The van der Waals surface area contributed by atoms with Gasteiger partial charge in [0.2, 0.25) is 0 Å². The highest BCUT2D eigenvalue weighted by atomic mass is 16.6. The standard InChI is InChI=1S/C17H20N4O2/c1-11-8-9-20(13(11)3)16-10-12(2)18-17(19-16)14-4-6-15(7-5-14)21(22)23/h4-7,10-11,13H,8-9H2,1-3H3. The molecule has 1 aromatic heterocycles. The summed E-state index contributed by atoms with van der Waals surface area (Å²) >= 11 is 0. The first kappa shape index (κ1) is 15.4. The Morgan fingerprint density at radius 1 is 1.22 bits per heavy atom. The third kappa shape index (κ3) is 3.02. The lowest BCUT2D eigenvalue weighted by Gasteiger charge is -2.25. The van der Waals surface area contributed by atoms with Crippen molar-refractivity contribution in [1.82, 2.24) is 9.97 Å². The lowest BCUT2D eigenvalue weighted by atomic mass is 10.1. The first-order chi connectivity index (χ1) is 11.0. The Bertz CT molecular complexity index is 730. The molecule has 1 saturated heterocycles. The molecule has 1 aliphatic rings. The van der Waals surface area contributed by atoms with E-state index >= 15 is 0 Å². The van der Waals surface area contributed by atoms with Crippen LogP contribution < -0.4 is 4.90 Å². The summed E-state index contributed by atoms with van der Waals surface area (Å²) in [6.07, 6.45) is 1.16. The lowest BCUT2D eigenvalue weighted by Crippen LogP contribution is -2.30. The summed E-state index contributed by atoms with van der Waals surface area (Å²) < 4.78 is 0. The number of aromatic nitrogens is 2. The smallest absolute Gasteiger partial charge is 0.269 e. The number of aryl methyl sites for hydroxylation is 1. The first-order valence-electron chi connectivity index (χ1n) is 7.83. The highest BCUT2D eigenvalue weighted by molar-refractivity contribution is 5.60. The van der Waals surface area contributed by atoms with Gasteiger partial charge in [-0.3, -0.25) is 10.1 Å². The van der Waals surface area contributed by atoms with E-state index in [0.29, 0.717) is 17.8 Å². The fourth-order valence-corrected chi connectivity index (χ4v) is 2.98. The third-order valence-corrected chi connectivity index (χ3v) is 4.61. The normalized spacial score (nSPS) is 20.7. The van der Waals surface area contributed by atoms with Crippen LogP contribution >= 0.6 is 0 Å². The molecule has 0 saturated carbocycles. The average Bonchev–Trinajstić information content (AvgIpc) is 2.86. The van der Waals surface area contributed by atoms with Crippen molar-refractivity contribution in [3.63, 3.8) is 0 Å². The number of hydrogen-bond acceptors (Lipinski definition) is 5. The van der Waals surface area contributed by atoms with Crippen LogP contribution in [0.1, 0.15) is 26.0 Å². The summed E-state index contributed by atoms with van der Waals surface area (Å²) in [6, 6.07) is 8.83. The van der Waals surface area contributed by atoms with Crippen LogP contribution in [0.4, 0.5) is 11.5 Å². The van der Waals surface area contributed by atoms with Gasteiger partial charge in [-0.2, -0.15) is 0 Å². The van der Waals surface area contributed by atoms with Gasteiger partial charge < -0.3 is 4.90 Å². The SMILES string of the molecule is Cc1cc(N2CCC(C)C2C)nc(-c2ccc([N+](=O)[O-])cc2)n1. The monoisotopic (exact) mass is 312 g/mol. The lowest BCUT2D eigenvalue weighted by molar-refractivity contribution is -0.384. The number of nitro benzene ring substituents is 1. The van der Waals surface area contributed by atoms with Gasteiger partial charge in [0.15, 0.2) is 5.82 Å². The molecule has 2 unspecified atom stereocenters. The fraction of sp³-hybridized carbons (Fsp3) is 0.412. The summed E-state index contributed by atoms with van der Waals surface area (Å²) in [5, 5.41) is 10.8. The van der Waals surface area contributed by atoms with Crippen molar-refractivity contribution in [3.8, 4) is 11.4 Å². The molecule has 0 radical (unpaired) electrons. The van der Waals surface area contributed by atoms with Gasteiger partial charge >= 0.3 is 0 Å². The van der Waals surface area contributed by atoms with Crippen molar-refractivity contribution >= 4 is 11.5 Å². The molecule has 6 heteroatoms. The van der Waals surface area contributed by atoms with E-state index in [0.717, 1.165) is 30.0 Å². The number of rotatable bonds is 3. The number of nitro groups is 1. The average molecular weight is 312 g/mol. The zero-order valence-electron chi connectivity index (χ0n) is 13.6. The van der Waals surface area contributed by atoms with Crippen molar-refractivity contribution in [1.29, 1.82) is 0 Å². The Morgan fingerprint density at radius 2 is 1.91 bits per heavy atom. The fourth-order valence-electron chi connectivity index (χ4n) is 2.98.